The second-order valence-corrected chi connectivity index (χ2v) is 3.21. The smallest absolute Gasteiger partial charge is 0.111 e. The molecule has 0 aliphatic carbocycles. The van der Waals surface area contributed by atoms with Gasteiger partial charge >= 0.3 is 0 Å². The summed E-state index contributed by atoms with van der Waals surface area (Å²) in [6.07, 6.45) is 3.62. The van der Waals surface area contributed by atoms with Gasteiger partial charge in [0.15, 0.2) is 0 Å². The first-order chi connectivity index (χ1) is 4.66. The zero-order valence-electron chi connectivity index (χ0n) is 6.96. The zero-order valence-corrected chi connectivity index (χ0v) is 7.77. The molecule has 0 aliphatic heterocycles. The van der Waals surface area contributed by atoms with Crippen molar-refractivity contribution in [2.24, 2.45) is 9.98 Å². The quantitative estimate of drug-likeness (QED) is 0.446. The lowest BCUT2D eigenvalue weighted by molar-refractivity contribution is 0.839. The number of rotatable bonds is 2. The SMILES string of the molecule is CSC(C)=NC=NC(C)C. The molecule has 0 aliphatic rings. The van der Waals surface area contributed by atoms with Crippen LogP contribution in [0.15, 0.2) is 9.98 Å². The van der Waals surface area contributed by atoms with Crippen LogP contribution < -0.4 is 0 Å². The van der Waals surface area contributed by atoms with E-state index >= 15 is 0 Å². The number of nitrogens with zero attached hydrogens (tertiary/aromatic N) is 2. The number of hydrogen-bond acceptors (Lipinski definition) is 2. The molecule has 0 unspecified atom stereocenters. The van der Waals surface area contributed by atoms with Crippen LogP contribution in [0.5, 0.6) is 0 Å². The number of hydrogen-bond donors (Lipinski definition) is 0. The maximum absolute atomic E-state index is 4.09. The Labute approximate surface area is 66.8 Å². The van der Waals surface area contributed by atoms with E-state index in [0.717, 1.165) is 5.04 Å². The van der Waals surface area contributed by atoms with Gasteiger partial charge in [0.05, 0.1) is 5.04 Å². The third-order valence-corrected chi connectivity index (χ3v) is 1.60. The van der Waals surface area contributed by atoms with Crippen molar-refractivity contribution in [2.45, 2.75) is 26.8 Å². The molecule has 0 fully saturated rings. The molecule has 0 heterocycles. The minimum absolute atomic E-state index is 0.346. The van der Waals surface area contributed by atoms with Crippen LogP contribution in [0.3, 0.4) is 0 Å². The van der Waals surface area contributed by atoms with E-state index in [4.69, 9.17) is 0 Å². The van der Waals surface area contributed by atoms with Crippen LogP contribution in [0.25, 0.3) is 0 Å². The van der Waals surface area contributed by atoms with Crippen LogP contribution in [0, 0.1) is 0 Å². The van der Waals surface area contributed by atoms with Crippen molar-refractivity contribution in [1.82, 2.24) is 0 Å². The fourth-order valence-corrected chi connectivity index (χ4v) is 0.453. The molecular formula is C7H14N2S. The van der Waals surface area contributed by atoms with E-state index in [2.05, 4.69) is 9.98 Å². The fraction of sp³-hybridized carbons (Fsp3) is 0.714. The second kappa shape index (κ2) is 5.47. The second-order valence-electron chi connectivity index (χ2n) is 2.21. The molecule has 0 rings (SSSR count). The van der Waals surface area contributed by atoms with Gasteiger partial charge in [0.2, 0.25) is 0 Å². The van der Waals surface area contributed by atoms with Gasteiger partial charge in [-0.25, -0.2) is 4.99 Å². The van der Waals surface area contributed by atoms with E-state index in [-0.39, 0.29) is 0 Å². The summed E-state index contributed by atoms with van der Waals surface area (Å²) < 4.78 is 0. The van der Waals surface area contributed by atoms with Crippen LogP contribution in [-0.2, 0) is 0 Å². The van der Waals surface area contributed by atoms with Gasteiger partial charge in [-0.05, 0) is 27.0 Å². The van der Waals surface area contributed by atoms with Crippen molar-refractivity contribution in [1.29, 1.82) is 0 Å². The summed E-state index contributed by atoms with van der Waals surface area (Å²) in [5, 5.41) is 1.05. The number of aliphatic imine (C=N–C) groups is 2. The Morgan fingerprint density at radius 3 is 2.50 bits per heavy atom. The molecule has 0 spiro atoms. The molecule has 0 N–H and O–H groups in total. The van der Waals surface area contributed by atoms with Gasteiger partial charge in [-0.2, -0.15) is 0 Å². The molecule has 0 atom stereocenters. The van der Waals surface area contributed by atoms with Gasteiger partial charge in [0, 0.05) is 6.04 Å². The molecule has 58 valence electrons. The Morgan fingerprint density at radius 2 is 2.10 bits per heavy atom. The van der Waals surface area contributed by atoms with Crippen LogP contribution in [0.4, 0.5) is 0 Å². The van der Waals surface area contributed by atoms with E-state index in [0.29, 0.717) is 6.04 Å². The van der Waals surface area contributed by atoms with E-state index in [9.17, 15) is 0 Å². The van der Waals surface area contributed by atoms with Gasteiger partial charge in [-0.1, -0.05) is 0 Å². The Bertz CT molecular complexity index is 139. The van der Waals surface area contributed by atoms with Crippen molar-refractivity contribution in [3.05, 3.63) is 0 Å². The predicted molar refractivity (Wildman–Crippen MR) is 50.3 cm³/mol. The van der Waals surface area contributed by atoms with Crippen molar-refractivity contribution in [2.75, 3.05) is 6.26 Å². The highest BCUT2D eigenvalue weighted by Crippen LogP contribution is 1.94. The number of thioether (sulfide) groups is 1. The normalized spacial score (nSPS) is 13.5. The summed E-state index contributed by atoms with van der Waals surface area (Å²) in [5.41, 5.74) is 0. The molecule has 0 bridgehead atoms. The first kappa shape index (κ1) is 9.69. The van der Waals surface area contributed by atoms with Gasteiger partial charge in [-0.15, -0.1) is 11.8 Å². The monoisotopic (exact) mass is 158 g/mol. The molecule has 0 radical (unpaired) electrons. The van der Waals surface area contributed by atoms with E-state index in [1.54, 1.807) is 18.1 Å². The largest absolute Gasteiger partial charge is 0.271 e. The highest BCUT2D eigenvalue weighted by atomic mass is 32.2. The topological polar surface area (TPSA) is 24.7 Å². The Hall–Kier alpha value is -0.310. The lowest BCUT2D eigenvalue weighted by Gasteiger charge is -1.91. The molecule has 0 aromatic heterocycles. The average Bonchev–Trinajstić information content (AvgIpc) is 1.87. The molecule has 0 aromatic rings. The van der Waals surface area contributed by atoms with Gasteiger partial charge in [0.25, 0.3) is 0 Å². The summed E-state index contributed by atoms with van der Waals surface area (Å²) in [6.45, 7) is 6.03. The maximum atomic E-state index is 4.09. The summed E-state index contributed by atoms with van der Waals surface area (Å²) in [6, 6.07) is 0.346. The third kappa shape index (κ3) is 5.82. The summed E-state index contributed by atoms with van der Waals surface area (Å²) >= 11 is 1.64. The van der Waals surface area contributed by atoms with Crippen molar-refractivity contribution in [3.8, 4) is 0 Å². The minimum Gasteiger partial charge on any atom is -0.271 e. The third-order valence-electron chi connectivity index (χ3n) is 0.900. The fourth-order valence-electron chi connectivity index (χ4n) is 0.301. The van der Waals surface area contributed by atoms with Crippen LogP contribution >= 0.6 is 11.8 Å². The Kier molecular flexibility index (Phi) is 5.30. The first-order valence-corrected chi connectivity index (χ1v) is 4.49. The molecule has 0 amide bonds. The standard InChI is InChI=1S/C7H14N2S/c1-6(2)8-5-9-7(3)10-4/h5-6H,1-4H3. The molecule has 3 heteroatoms. The summed E-state index contributed by atoms with van der Waals surface area (Å²) in [5.74, 6) is 0. The molecule has 0 aromatic carbocycles. The predicted octanol–water partition coefficient (Wildman–Crippen LogP) is 2.20. The van der Waals surface area contributed by atoms with Crippen LogP contribution in [0.2, 0.25) is 0 Å². The molecular weight excluding hydrogens is 144 g/mol. The zero-order chi connectivity index (χ0) is 7.98. The lowest BCUT2D eigenvalue weighted by atomic mass is 10.4. The molecule has 0 saturated carbocycles. The van der Waals surface area contributed by atoms with Gasteiger partial charge in [0.1, 0.15) is 6.34 Å². The van der Waals surface area contributed by atoms with Crippen molar-refractivity contribution in [3.63, 3.8) is 0 Å². The van der Waals surface area contributed by atoms with Crippen LogP contribution in [0.1, 0.15) is 20.8 Å². The minimum atomic E-state index is 0.346. The van der Waals surface area contributed by atoms with Crippen molar-refractivity contribution >= 4 is 23.1 Å². The molecule has 2 nitrogen and oxygen atoms in total. The lowest BCUT2D eigenvalue weighted by Crippen LogP contribution is -1.88. The van der Waals surface area contributed by atoms with Crippen LogP contribution in [-0.4, -0.2) is 23.7 Å². The first-order valence-electron chi connectivity index (χ1n) is 3.27. The highest BCUT2D eigenvalue weighted by molar-refractivity contribution is 8.13. The van der Waals surface area contributed by atoms with Gasteiger partial charge in [-0.3, -0.25) is 4.99 Å². The highest BCUT2D eigenvalue weighted by Gasteiger charge is 1.83. The van der Waals surface area contributed by atoms with E-state index in [1.165, 1.54) is 0 Å². The van der Waals surface area contributed by atoms with E-state index < -0.39 is 0 Å². The Morgan fingerprint density at radius 1 is 1.50 bits per heavy atom. The Balaban J connectivity index is 3.70. The van der Waals surface area contributed by atoms with E-state index in [1.807, 2.05) is 27.0 Å². The summed E-state index contributed by atoms with van der Waals surface area (Å²) in [4.78, 5) is 8.16. The van der Waals surface area contributed by atoms with Gasteiger partial charge < -0.3 is 0 Å². The average molecular weight is 158 g/mol. The molecule has 0 saturated heterocycles. The summed E-state index contributed by atoms with van der Waals surface area (Å²) in [7, 11) is 0. The maximum Gasteiger partial charge on any atom is 0.111 e. The van der Waals surface area contributed by atoms with Crippen molar-refractivity contribution < 1.29 is 0 Å². The molecule has 10 heavy (non-hydrogen) atoms.